The van der Waals surface area contributed by atoms with Crippen molar-refractivity contribution in [1.82, 2.24) is 10.6 Å². The number of nitrogens with one attached hydrogen (secondary N) is 2. The molecule has 0 aliphatic carbocycles. The fraction of sp³-hybridized carbons (Fsp3) is 0.176. The lowest BCUT2D eigenvalue weighted by molar-refractivity contribution is -0.274. The van der Waals surface area contributed by atoms with Gasteiger partial charge in [0, 0.05) is 22.1 Å². The normalized spacial score (nSPS) is 10.9. The third kappa shape index (κ3) is 6.40. The molecule has 0 bridgehead atoms. The standard InChI is InChI=1S/C17H14BrF3N2O3/c18-13-6-3-5-11(8-13)16(25)23-10-15(24)22-9-12-4-1-2-7-14(12)26-17(19,20)21/h1-8H,9-10H2,(H,22,24)(H,23,25). The van der Waals surface area contributed by atoms with Crippen molar-refractivity contribution in [2.24, 2.45) is 0 Å². The maximum Gasteiger partial charge on any atom is 0.573 e. The molecule has 0 spiro atoms. The molecule has 2 aromatic carbocycles. The Bertz CT molecular complexity index is 797. The van der Waals surface area contributed by atoms with E-state index in [-0.39, 0.29) is 18.7 Å². The van der Waals surface area contributed by atoms with Crippen LogP contribution in [0.4, 0.5) is 13.2 Å². The summed E-state index contributed by atoms with van der Waals surface area (Å²) in [6.45, 7) is -0.481. The van der Waals surface area contributed by atoms with Crippen LogP contribution >= 0.6 is 15.9 Å². The first-order valence-corrected chi connectivity index (χ1v) is 8.18. The van der Waals surface area contributed by atoms with Crippen LogP contribution in [0.25, 0.3) is 0 Å². The minimum absolute atomic E-state index is 0.163. The molecule has 0 heterocycles. The number of ether oxygens (including phenoxy) is 1. The molecule has 0 radical (unpaired) electrons. The summed E-state index contributed by atoms with van der Waals surface area (Å²) in [5, 5.41) is 4.87. The van der Waals surface area contributed by atoms with Crippen LogP contribution in [-0.2, 0) is 11.3 Å². The second-order valence-corrected chi connectivity index (χ2v) is 6.04. The van der Waals surface area contributed by atoms with Crippen LogP contribution in [0.1, 0.15) is 15.9 Å². The fourth-order valence-electron chi connectivity index (χ4n) is 2.02. The predicted octanol–water partition coefficient (Wildman–Crippen LogP) is 3.39. The summed E-state index contributed by atoms with van der Waals surface area (Å²) in [6.07, 6.45) is -4.82. The first-order chi connectivity index (χ1) is 12.2. The van der Waals surface area contributed by atoms with Crippen molar-refractivity contribution in [1.29, 1.82) is 0 Å². The maximum atomic E-state index is 12.4. The molecular weight excluding hydrogens is 417 g/mol. The highest BCUT2D eigenvalue weighted by Gasteiger charge is 2.31. The SMILES string of the molecule is O=C(CNC(=O)c1cccc(Br)c1)NCc1ccccc1OC(F)(F)F. The zero-order chi connectivity index (χ0) is 19.2. The summed E-state index contributed by atoms with van der Waals surface area (Å²) >= 11 is 3.24. The lowest BCUT2D eigenvalue weighted by Gasteiger charge is -2.13. The molecular formula is C17H14BrF3N2O3. The molecule has 2 rings (SSSR count). The van der Waals surface area contributed by atoms with Gasteiger partial charge in [0.15, 0.2) is 0 Å². The van der Waals surface area contributed by atoms with Crippen LogP contribution in [0.3, 0.4) is 0 Å². The van der Waals surface area contributed by atoms with E-state index in [9.17, 15) is 22.8 Å². The van der Waals surface area contributed by atoms with E-state index in [1.165, 1.54) is 18.2 Å². The van der Waals surface area contributed by atoms with Gasteiger partial charge >= 0.3 is 6.36 Å². The largest absolute Gasteiger partial charge is 0.573 e. The van der Waals surface area contributed by atoms with Crippen LogP contribution < -0.4 is 15.4 Å². The number of hydrogen-bond acceptors (Lipinski definition) is 3. The third-order valence-electron chi connectivity index (χ3n) is 3.17. The Kier molecular flexibility index (Phi) is 6.62. The average molecular weight is 431 g/mol. The van der Waals surface area contributed by atoms with Crippen LogP contribution in [0.5, 0.6) is 5.75 Å². The van der Waals surface area contributed by atoms with E-state index in [2.05, 4.69) is 31.3 Å². The van der Waals surface area contributed by atoms with Gasteiger partial charge in [0.1, 0.15) is 5.75 Å². The summed E-state index contributed by atoms with van der Waals surface area (Å²) in [7, 11) is 0. The molecule has 2 amide bonds. The molecule has 0 saturated heterocycles. The molecule has 0 fully saturated rings. The van der Waals surface area contributed by atoms with E-state index < -0.39 is 23.9 Å². The zero-order valence-electron chi connectivity index (χ0n) is 13.3. The van der Waals surface area contributed by atoms with Crippen LogP contribution in [0.2, 0.25) is 0 Å². The van der Waals surface area contributed by atoms with Gasteiger partial charge in [0.2, 0.25) is 5.91 Å². The topological polar surface area (TPSA) is 67.4 Å². The van der Waals surface area contributed by atoms with Gasteiger partial charge < -0.3 is 15.4 Å². The number of hydrogen-bond donors (Lipinski definition) is 2. The Morgan fingerprint density at radius 3 is 2.46 bits per heavy atom. The lowest BCUT2D eigenvalue weighted by Crippen LogP contribution is -2.36. The van der Waals surface area contributed by atoms with Crippen molar-refractivity contribution in [2.45, 2.75) is 12.9 Å². The number of amides is 2. The van der Waals surface area contributed by atoms with E-state index in [1.807, 2.05) is 0 Å². The van der Waals surface area contributed by atoms with Gasteiger partial charge in [-0.2, -0.15) is 0 Å². The van der Waals surface area contributed by atoms with Gasteiger partial charge in [-0.3, -0.25) is 9.59 Å². The number of para-hydroxylation sites is 1. The molecule has 2 N–H and O–H groups in total. The number of alkyl halides is 3. The lowest BCUT2D eigenvalue weighted by atomic mass is 10.2. The summed E-state index contributed by atoms with van der Waals surface area (Å²) in [4.78, 5) is 23.7. The molecule has 0 aliphatic rings. The highest BCUT2D eigenvalue weighted by Crippen LogP contribution is 2.26. The monoisotopic (exact) mass is 430 g/mol. The third-order valence-corrected chi connectivity index (χ3v) is 3.66. The van der Waals surface area contributed by atoms with E-state index in [4.69, 9.17) is 0 Å². The Morgan fingerprint density at radius 1 is 1.04 bits per heavy atom. The van der Waals surface area contributed by atoms with Gasteiger partial charge in [-0.05, 0) is 24.3 Å². The highest BCUT2D eigenvalue weighted by atomic mass is 79.9. The molecule has 0 aliphatic heterocycles. The van der Waals surface area contributed by atoms with Gasteiger partial charge in [0.25, 0.3) is 5.91 Å². The maximum absolute atomic E-state index is 12.4. The second kappa shape index (κ2) is 8.70. The molecule has 9 heteroatoms. The number of carbonyl (C=O) groups excluding carboxylic acids is 2. The van der Waals surface area contributed by atoms with Crippen LogP contribution in [-0.4, -0.2) is 24.7 Å². The highest BCUT2D eigenvalue weighted by molar-refractivity contribution is 9.10. The second-order valence-electron chi connectivity index (χ2n) is 5.13. The molecule has 5 nitrogen and oxygen atoms in total. The van der Waals surface area contributed by atoms with Crippen molar-refractivity contribution in [2.75, 3.05) is 6.54 Å². The zero-order valence-corrected chi connectivity index (χ0v) is 14.9. The van der Waals surface area contributed by atoms with Gasteiger partial charge in [-0.15, -0.1) is 13.2 Å². The van der Waals surface area contributed by atoms with E-state index >= 15 is 0 Å². The minimum atomic E-state index is -4.82. The van der Waals surface area contributed by atoms with Crippen LogP contribution in [0.15, 0.2) is 53.0 Å². The van der Waals surface area contributed by atoms with Crippen molar-refractivity contribution in [3.8, 4) is 5.75 Å². The van der Waals surface area contributed by atoms with Crippen molar-refractivity contribution in [3.63, 3.8) is 0 Å². The summed E-state index contributed by atoms with van der Waals surface area (Å²) in [6, 6.07) is 12.1. The van der Waals surface area contributed by atoms with E-state index in [0.29, 0.717) is 5.56 Å². The quantitative estimate of drug-likeness (QED) is 0.737. The number of benzene rings is 2. The van der Waals surface area contributed by atoms with Gasteiger partial charge in [0.05, 0.1) is 6.54 Å². The van der Waals surface area contributed by atoms with E-state index in [0.717, 1.165) is 10.5 Å². The number of rotatable bonds is 6. The number of carbonyl (C=O) groups is 2. The Balaban J connectivity index is 1.87. The average Bonchev–Trinajstić information content (AvgIpc) is 2.57. The summed E-state index contributed by atoms with van der Waals surface area (Å²) in [5.41, 5.74) is 0.535. The van der Waals surface area contributed by atoms with E-state index in [1.54, 1.807) is 24.3 Å². The molecule has 0 saturated carbocycles. The van der Waals surface area contributed by atoms with Gasteiger partial charge in [-0.1, -0.05) is 40.2 Å². The molecule has 0 aromatic heterocycles. The van der Waals surface area contributed by atoms with Crippen molar-refractivity contribution >= 4 is 27.7 Å². The number of halogens is 4. The smallest absolute Gasteiger partial charge is 0.405 e. The van der Waals surface area contributed by atoms with Crippen molar-refractivity contribution in [3.05, 3.63) is 64.1 Å². The Morgan fingerprint density at radius 2 is 1.77 bits per heavy atom. The Hall–Kier alpha value is -2.55. The molecule has 0 atom stereocenters. The van der Waals surface area contributed by atoms with Gasteiger partial charge in [-0.25, -0.2) is 0 Å². The molecule has 0 unspecified atom stereocenters. The van der Waals surface area contributed by atoms with Crippen LogP contribution in [0, 0.1) is 0 Å². The Labute approximate surface area is 155 Å². The summed E-state index contributed by atoms with van der Waals surface area (Å²) < 4.78 is 41.7. The van der Waals surface area contributed by atoms with Crippen molar-refractivity contribution < 1.29 is 27.5 Å². The predicted molar refractivity (Wildman–Crippen MR) is 91.4 cm³/mol. The molecule has 138 valence electrons. The first-order valence-electron chi connectivity index (χ1n) is 7.39. The minimum Gasteiger partial charge on any atom is -0.405 e. The molecule has 26 heavy (non-hydrogen) atoms. The summed E-state index contributed by atoms with van der Waals surface area (Å²) in [5.74, 6) is -1.38. The molecule has 2 aromatic rings. The fourth-order valence-corrected chi connectivity index (χ4v) is 2.42. The first kappa shape index (κ1) is 19.8.